The van der Waals surface area contributed by atoms with Crippen LogP contribution in [0.3, 0.4) is 0 Å². The number of carboxylic acid groups (broad SMARTS) is 1. The molecule has 0 amide bonds. The smallest absolute Gasteiger partial charge is 0.306 e. The molecule has 0 aromatic heterocycles. The molecule has 0 aliphatic carbocycles. The molecule has 0 aliphatic rings. The summed E-state index contributed by atoms with van der Waals surface area (Å²) in [5.41, 5.74) is 0. The van der Waals surface area contributed by atoms with Crippen molar-refractivity contribution in [2.75, 3.05) is 0 Å². The van der Waals surface area contributed by atoms with E-state index in [1.54, 1.807) is 0 Å². The Hall–Kier alpha value is -0.610. The number of aliphatic carboxylic acids is 1. The number of aliphatic hydroxyl groups is 2. The minimum absolute atomic E-state index is 0.627. The van der Waals surface area contributed by atoms with E-state index in [2.05, 4.69) is 0 Å². The first-order chi connectivity index (χ1) is 4.46. The summed E-state index contributed by atoms with van der Waals surface area (Å²) in [6.07, 6.45) is -1.55. The van der Waals surface area contributed by atoms with Gasteiger partial charge in [-0.15, -0.1) is 0 Å². The molecule has 0 saturated carbocycles. The molecule has 0 aromatic carbocycles. The monoisotopic (exact) mass is 148 g/mol. The Morgan fingerprint density at radius 2 is 1.70 bits per heavy atom. The van der Waals surface area contributed by atoms with E-state index in [1.165, 1.54) is 13.8 Å². The quantitative estimate of drug-likeness (QED) is 0.478. The maximum Gasteiger partial charge on any atom is 0.306 e. The zero-order chi connectivity index (χ0) is 8.31. The largest absolute Gasteiger partial charge is 0.481 e. The van der Waals surface area contributed by atoms with Gasteiger partial charge < -0.3 is 15.3 Å². The van der Waals surface area contributed by atoms with Crippen molar-refractivity contribution in [3.63, 3.8) is 0 Å². The van der Waals surface area contributed by atoms with Crippen molar-refractivity contribution in [3.8, 4) is 0 Å². The number of rotatable bonds is 3. The molecule has 3 N–H and O–H groups in total. The minimum atomic E-state index is -1.55. The molecule has 0 rings (SSSR count). The fraction of sp³-hybridized carbons (Fsp3) is 0.833. The van der Waals surface area contributed by atoms with Crippen LogP contribution in [-0.4, -0.2) is 27.6 Å². The maximum atomic E-state index is 10.2. The highest BCUT2D eigenvalue weighted by Gasteiger charge is 2.23. The molecule has 4 heteroatoms. The van der Waals surface area contributed by atoms with Gasteiger partial charge in [-0.25, -0.2) is 0 Å². The van der Waals surface area contributed by atoms with Crippen molar-refractivity contribution < 1.29 is 20.1 Å². The molecule has 0 aliphatic heterocycles. The zero-order valence-electron chi connectivity index (χ0n) is 5.98. The van der Waals surface area contributed by atoms with Gasteiger partial charge in [0.25, 0.3) is 0 Å². The summed E-state index contributed by atoms with van der Waals surface area (Å²) in [7, 11) is 0. The van der Waals surface area contributed by atoms with Gasteiger partial charge in [0.1, 0.15) is 0 Å². The van der Waals surface area contributed by atoms with Crippen LogP contribution in [0, 0.1) is 11.8 Å². The van der Waals surface area contributed by atoms with Crippen molar-refractivity contribution in [1.29, 1.82) is 0 Å². The lowest BCUT2D eigenvalue weighted by Gasteiger charge is -2.16. The molecule has 60 valence electrons. The molecule has 0 fully saturated rings. The molecular weight excluding hydrogens is 136 g/mol. The first-order valence-electron chi connectivity index (χ1n) is 3.05. The second-order valence-electron chi connectivity index (χ2n) is 2.40. The SMILES string of the molecule is CC(C(=O)O)C(C)C(O)O. The molecule has 0 spiro atoms. The summed E-state index contributed by atoms with van der Waals surface area (Å²) >= 11 is 0. The van der Waals surface area contributed by atoms with Gasteiger partial charge in [0.2, 0.25) is 0 Å². The van der Waals surface area contributed by atoms with Crippen LogP contribution < -0.4 is 0 Å². The van der Waals surface area contributed by atoms with Crippen molar-refractivity contribution >= 4 is 5.97 Å². The van der Waals surface area contributed by atoms with Gasteiger partial charge in [0.05, 0.1) is 5.92 Å². The van der Waals surface area contributed by atoms with Gasteiger partial charge in [-0.1, -0.05) is 13.8 Å². The van der Waals surface area contributed by atoms with Crippen LogP contribution in [0.5, 0.6) is 0 Å². The molecule has 0 saturated heterocycles. The van der Waals surface area contributed by atoms with Gasteiger partial charge in [-0.2, -0.15) is 0 Å². The first-order valence-corrected chi connectivity index (χ1v) is 3.05. The van der Waals surface area contributed by atoms with Crippen LogP contribution in [0.2, 0.25) is 0 Å². The van der Waals surface area contributed by atoms with Crippen LogP contribution in [0.1, 0.15) is 13.8 Å². The van der Waals surface area contributed by atoms with Crippen molar-refractivity contribution in [1.82, 2.24) is 0 Å². The summed E-state index contributed by atoms with van der Waals surface area (Å²) in [4.78, 5) is 10.2. The van der Waals surface area contributed by atoms with Gasteiger partial charge in [-0.3, -0.25) is 4.79 Å². The molecular formula is C6H12O4. The molecule has 0 aromatic rings. The third-order valence-corrected chi connectivity index (χ3v) is 1.65. The molecule has 0 bridgehead atoms. The lowest BCUT2D eigenvalue weighted by atomic mass is 9.96. The normalized spacial score (nSPS) is 16.9. The number of aliphatic hydroxyl groups excluding tert-OH is 1. The zero-order valence-corrected chi connectivity index (χ0v) is 5.98. The van der Waals surface area contributed by atoms with Gasteiger partial charge >= 0.3 is 5.97 Å². The second-order valence-corrected chi connectivity index (χ2v) is 2.40. The van der Waals surface area contributed by atoms with Crippen molar-refractivity contribution in [3.05, 3.63) is 0 Å². The summed E-state index contributed by atoms with van der Waals surface area (Å²) < 4.78 is 0. The Balaban J connectivity index is 3.94. The third-order valence-electron chi connectivity index (χ3n) is 1.65. The van der Waals surface area contributed by atoms with Crippen molar-refractivity contribution in [2.24, 2.45) is 11.8 Å². The third kappa shape index (κ3) is 2.33. The number of carbonyl (C=O) groups is 1. The standard InChI is InChI=1S/C6H12O4/c1-3(5(7)8)4(2)6(9)10/h3-5,7-8H,1-2H3,(H,9,10). The Bertz CT molecular complexity index is 121. The van der Waals surface area contributed by atoms with Crippen LogP contribution in [-0.2, 0) is 4.79 Å². The highest BCUT2D eigenvalue weighted by molar-refractivity contribution is 5.69. The van der Waals surface area contributed by atoms with E-state index in [-0.39, 0.29) is 0 Å². The lowest BCUT2D eigenvalue weighted by Crippen LogP contribution is -2.28. The summed E-state index contributed by atoms with van der Waals surface area (Å²) in [5, 5.41) is 25.4. The summed E-state index contributed by atoms with van der Waals surface area (Å²) in [6, 6.07) is 0. The van der Waals surface area contributed by atoms with Crippen LogP contribution >= 0.6 is 0 Å². The van der Waals surface area contributed by atoms with Crippen molar-refractivity contribution in [2.45, 2.75) is 20.1 Å². The molecule has 0 radical (unpaired) electrons. The van der Waals surface area contributed by atoms with Gasteiger partial charge in [-0.05, 0) is 0 Å². The first kappa shape index (κ1) is 9.39. The minimum Gasteiger partial charge on any atom is -0.481 e. The molecule has 4 nitrogen and oxygen atoms in total. The summed E-state index contributed by atoms with van der Waals surface area (Å²) in [6.45, 7) is 2.91. The summed E-state index contributed by atoms with van der Waals surface area (Å²) in [5.74, 6) is -2.36. The second kappa shape index (κ2) is 3.53. The molecule has 2 atom stereocenters. The van der Waals surface area contributed by atoms with E-state index in [0.29, 0.717) is 0 Å². The Kier molecular flexibility index (Phi) is 3.32. The van der Waals surface area contributed by atoms with E-state index in [0.717, 1.165) is 0 Å². The molecule has 2 unspecified atom stereocenters. The van der Waals surface area contributed by atoms with Gasteiger partial charge in [0, 0.05) is 5.92 Å². The number of carboxylic acids is 1. The van der Waals surface area contributed by atoms with Gasteiger partial charge in [0.15, 0.2) is 6.29 Å². The highest BCUT2D eigenvalue weighted by atomic mass is 16.5. The number of hydrogen-bond acceptors (Lipinski definition) is 3. The lowest BCUT2D eigenvalue weighted by molar-refractivity contribution is -0.151. The topological polar surface area (TPSA) is 77.8 Å². The van der Waals surface area contributed by atoms with Crippen LogP contribution in [0.15, 0.2) is 0 Å². The van der Waals surface area contributed by atoms with E-state index in [9.17, 15) is 4.79 Å². The molecule has 0 heterocycles. The predicted molar refractivity (Wildman–Crippen MR) is 34.2 cm³/mol. The van der Waals surface area contributed by atoms with E-state index >= 15 is 0 Å². The Morgan fingerprint density at radius 1 is 1.30 bits per heavy atom. The Morgan fingerprint density at radius 3 is 1.80 bits per heavy atom. The maximum absolute atomic E-state index is 10.2. The fourth-order valence-electron chi connectivity index (χ4n) is 0.483. The Labute approximate surface area is 59.1 Å². The average Bonchev–Trinajstić information content (AvgIpc) is 1.84. The highest BCUT2D eigenvalue weighted by Crippen LogP contribution is 2.13. The molecule has 10 heavy (non-hydrogen) atoms. The predicted octanol–water partition coefficient (Wildman–Crippen LogP) is -0.346. The fourth-order valence-corrected chi connectivity index (χ4v) is 0.483. The number of hydrogen-bond donors (Lipinski definition) is 3. The van der Waals surface area contributed by atoms with E-state index in [4.69, 9.17) is 15.3 Å². The van der Waals surface area contributed by atoms with E-state index < -0.39 is 24.1 Å². The van der Waals surface area contributed by atoms with E-state index in [1.807, 2.05) is 0 Å². The van der Waals surface area contributed by atoms with Crippen LogP contribution in [0.25, 0.3) is 0 Å². The average molecular weight is 148 g/mol. The van der Waals surface area contributed by atoms with Crippen LogP contribution in [0.4, 0.5) is 0 Å².